The van der Waals surface area contributed by atoms with Crippen molar-refractivity contribution < 1.29 is 27.7 Å². The summed E-state index contributed by atoms with van der Waals surface area (Å²) in [6, 6.07) is 8.92. The summed E-state index contributed by atoms with van der Waals surface area (Å²) in [4.78, 5) is 39.4. The number of anilines is 1. The molecule has 1 aromatic heterocycles. The van der Waals surface area contributed by atoms with Gasteiger partial charge in [-0.1, -0.05) is 24.3 Å². The number of nitrogens with one attached hydrogen (secondary N) is 2. The molecule has 12 heteroatoms. The number of hydrogen-bond donors (Lipinski definition) is 2. The molecule has 1 heterocycles. The van der Waals surface area contributed by atoms with E-state index < -0.39 is 35.0 Å². The van der Waals surface area contributed by atoms with Gasteiger partial charge >= 0.3 is 6.18 Å². The van der Waals surface area contributed by atoms with Gasteiger partial charge in [0.15, 0.2) is 5.13 Å². The molecular weight excluding hydrogens is 461 g/mol. The van der Waals surface area contributed by atoms with Crippen molar-refractivity contribution in [1.82, 2.24) is 10.3 Å². The first kappa shape index (κ1) is 23.9. The molecule has 2 amide bonds. The number of halogens is 3. The number of nitrogens with zero attached hydrogens (tertiary/aromatic N) is 2. The lowest BCUT2D eigenvalue weighted by Crippen LogP contribution is -2.32. The zero-order chi connectivity index (χ0) is 24.2. The normalized spacial score (nSPS) is 11.2. The average Bonchev–Trinajstić information content (AvgIpc) is 3.18. The molecule has 0 atom stereocenters. The monoisotopic (exact) mass is 478 g/mol. The SMILES string of the molecule is Cc1ccc(C(=O)NCC(=O)Nc2ncc(Cc3cccc(C(F)(F)F)c3)s2)cc1[N+](=O)[O-]. The van der Waals surface area contributed by atoms with E-state index in [4.69, 9.17) is 0 Å². The van der Waals surface area contributed by atoms with E-state index in [1.165, 1.54) is 24.4 Å². The van der Waals surface area contributed by atoms with Crippen molar-refractivity contribution in [2.75, 3.05) is 11.9 Å². The Labute approximate surface area is 189 Å². The summed E-state index contributed by atoms with van der Waals surface area (Å²) < 4.78 is 38.5. The Kier molecular flexibility index (Phi) is 7.07. The largest absolute Gasteiger partial charge is 0.416 e. The lowest BCUT2D eigenvalue weighted by molar-refractivity contribution is -0.385. The minimum Gasteiger partial charge on any atom is -0.343 e. The summed E-state index contributed by atoms with van der Waals surface area (Å²) in [6.45, 7) is 1.14. The molecular formula is C21H17F3N4O4S. The van der Waals surface area contributed by atoms with Crippen LogP contribution in [0.1, 0.15) is 31.9 Å². The molecule has 0 radical (unpaired) electrons. The zero-order valence-corrected chi connectivity index (χ0v) is 17.9. The topological polar surface area (TPSA) is 114 Å². The maximum absolute atomic E-state index is 12.8. The van der Waals surface area contributed by atoms with Crippen molar-refractivity contribution in [3.8, 4) is 0 Å². The zero-order valence-electron chi connectivity index (χ0n) is 17.1. The fraction of sp³-hybridized carbons (Fsp3) is 0.190. The van der Waals surface area contributed by atoms with E-state index in [1.54, 1.807) is 13.0 Å². The highest BCUT2D eigenvalue weighted by Crippen LogP contribution is 2.30. The Balaban J connectivity index is 1.55. The van der Waals surface area contributed by atoms with Gasteiger partial charge in [0.25, 0.3) is 11.6 Å². The van der Waals surface area contributed by atoms with E-state index in [9.17, 15) is 32.9 Å². The van der Waals surface area contributed by atoms with Gasteiger partial charge in [0.05, 0.1) is 17.0 Å². The summed E-state index contributed by atoms with van der Waals surface area (Å²) in [6.07, 6.45) is -2.78. The Morgan fingerprint density at radius 2 is 1.94 bits per heavy atom. The maximum atomic E-state index is 12.8. The molecule has 0 spiro atoms. The summed E-state index contributed by atoms with van der Waals surface area (Å²) in [5.41, 5.74) is -0.0570. The van der Waals surface area contributed by atoms with Gasteiger partial charge in [-0.15, -0.1) is 11.3 Å². The fourth-order valence-electron chi connectivity index (χ4n) is 2.88. The number of carbonyl (C=O) groups is 2. The second-order valence-electron chi connectivity index (χ2n) is 7.00. The van der Waals surface area contributed by atoms with E-state index in [0.717, 1.165) is 29.5 Å². The lowest BCUT2D eigenvalue weighted by Gasteiger charge is -2.08. The van der Waals surface area contributed by atoms with Gasteiger partial charge in [-0.25, -0.2) is 4.98 Å². The molecule has 0 unspecified atom stereocenters. The number of aromatic nitrogens is 1. The number of hydrogen-bond acceptors (Lipinski definition) is 6. The molecule has 2 N–H and O–H groups in total. The van der Waals surface area contributed by atoms with Crippen LogP contribution < -0.4 is 10.6 Å². The van der Waals surface area contributed by atoms with Crippen LogP contribution in [0.4, 0.5) is 24.0 Å². The van der Waals surface area contributed by atoms with Crippen LogP contribution in [0.5, 0.6) is 0 Å². The Hall–Kier alpha value is -3.80. The molecule has 3 aromatic rings. The van der Waals surface area contributed by atoms with Crippen LogP contribution in [0.3, 0.4) is 0 Å². The molecule has 33 heavy (non-hydrogen) atoms. The highest BCUT2D eigenvalue weighted by Gasteiger charge is 2.30. The van der Waals surface area contributed by atoms with Crippen LogP contribution in [0.2, 0.25) is 0 Å². The molecule has 0 aliphatic heterocycles. The second kappa shape index (κ2) is 9.77. The van der Waals surface area contributed by atoms with Crippen LogP contribution in [-0.2, 0) is 17.4 Å². The number of carbonyl (C=O) groups excluding carboxylic acids is 2. The maximum Gasteiger partial charge on any atom is 0.416 e. The van der Waals surface area contributed by atoms with Crippen LogP contribution >= 0.6 is 11.3 Å². The van der Waals surface area contributed by atoms with E-state index in [1.807, 2.05) is 0 Å². The number of alkyl halides is 3. The number of aryl methyl sites for hydroxylation is 1. The van der Waals surface area contributed by atoms with Crippen LogP contribution in [0.25, 0.3) is 0 Å². The van der Waals surface area contributed by atoms with Crippen molar-refractivity contribution >= 4 is 34.0 Å². The van der Waals surface area contributed by atoms with Crippen molar-refractivity contribution in [2.45, 2.75) is 19.5 Å². The summed E-state index contributed by atoms with van der Waals surface area (Å²) >= 11 is 1.09. The number of nitro groups is 1. The van der Waals surface area contributed by atoms with Crippen molar-refractivity contribution in [1.29, 1.82) is 0 Å². The van der Waals surface area contributed by atoms with Crippen molar-refractivity contribution in [2.24, 2.45) is 0 Å². The number of nitro benzene ring substituents is 1. The first-order valence-electron chi connectivity index (χ1n) is 9.47. The van der Waals surface area contributed by atoms with Gasteiger partial charge in [-0.05, 0) is 24.6 Å². The highest BCUT2D eigenvalue weighted by atomic mass is 32.1. The molecule has 0 saturated carbocycles. The smallest absolute Gasteiger partial charge is 0.343 e. The number of rotatable bonds is 7. The van der Waals surface area contributed by atoms with Gasteiger partial charge in [-0.3, -0.25) is 19.7 Å². The van der Waals surface area contributed by atoms with E-state index >= 15 is 0 Å². The predicted octanol–water partition coefficient (Wildman–Crippen LogP) is 4.34. The summed E-state index contributed by atoms with van der Waals surface area (Å²) in [5.74, 6) is -1.23. The third-order valence-electron chi connectivity index (χ3n) is 4.51. The second-order valence-corrected chi connectivity index (χ2v) is 8.11. The Morgan fingerprint density at radius 3 is 2.64 bits per heavy atom. The number of amides is 2. The first-order valence-corrected chi connectivity index (χ1v) is 10.3. The van der Waals surface area contributed by atoms with E-state index in [-0.39, 0.29) is 22.8 Å². The molecule has 2 aromatic carbocycles. The third kappa shape index (κ3) is 6.35. The minimum absolute atomic E-state index is 0.0396. The van der Waals surface area contributed by atoms with Gasteiger partial charge in [-0.2, -0.15) is 13.2 Å². The molecule has 0 aliphatic rings. The van der Waals surface area contributed by atoms with E-state index in [2.05, 4.69) is 15.6 Å². The van der Waals surface area contributed by atoms with Gasteiger partial charge in [0.1, 0.15) is 0 Å². The van der Waals surface area contributed by atoms with E-state index in [0.29, 0.717) is 16.0 Å². The molecule has 0 fully saturated rings. The number of thiazole rings is 1. The Morgan fingerprint density at radius 1 is 1.18 bits per heavy atom. The standard InChI is InChI=1S/C21H17F3N4O4S/c1-12-5-6-14(9-17(12)28(31)32)19(30)25-11-18(29)27-20-26-10-16(33-20)8-13-3-2-4-15(7-13)21(22,23)24/h2-7,9-10H,8,11H2,1H3,(H,25,30)(H,26,27,29). The van der Waals surface area contributed by atoms with Gasteiger partial charge in [0, 0.05) is 34.7 Å². The molecule has 8 nitrogen and oxygen atoms in total. The highest BCUT2D eigenvalue weighted by molar-refractivity contribution is 7.15. The molecule has 0 bridgehead atoms. The van der Waals surface area contributed by atoms with Crippen molar-refractivity contribution in [3.05, 3.63) is 85.9 Å². The fourth-order valence-corrected chi connectivity index (χ4v) is 3.74. The molecule has 0 aliphatic carbocycles. The van der Waals surface area contributed by atoms with Crippen molar-refractivity contribution in [3.63, 3.8) is 0 Å². The minimum atomic E-state index is -4.43. The van der Waals surface area contributed by atoms with Crippen LogP contribution in [0.15, 0.2) is 48.7 Å². The molecule has 172 valence electrons. The predicted molar refractivity (Wildman–Crippen MR) is 115 cm³/mol. The Bertz CT molecular complexity index is 1210. The van der Waals surface area contributed by atoms with Gasteiger partial charge < -0.3 is 10.6 Å². The quantitative estimate of drug-likeness (QED) is 0.387. The summed E-state index contributed by atoms with van der Waals surface area (Å²) in [7, 11) is 0. The summed E-state index contributed by atoms with van der Waals surface area (Å²) in [5, 5.41) is 16.1. The lowest BCUT2D eigenvalue weighted by atomic mass is 10.1. The molecule has 3 rings (SSSR count). The molecule has 0 saturated heterocycles. The average molecular weight is 478 g/mol. The first-order chi connectivity index (χ1) is 15.5. The number of benzene rings is 2. The third-order valence-corrected chi connectivity index (χ3v) is 5.42. The van der Waals surface area contributed by atoms with Crippen LogP contribution in [0, 0.1) is 17.0 Å². The van der Waals surface area contributed by atoms with Crippen LogP contribution in [-0.4, -0.2) is 28.3 Å². The van der Waals surface area contributed by atoms with Gasteiger partial charge in [0.2, 0.25) is 5.91 Å².